The highest BCUT2D eigenvalue weighted by atomic mass is 79.9. The van der Waals surface area contributed by atoms with Crippen molar-refractivity contribution < 1.29 is 4.39 Å². The van der Waals surface area contributed by atoms with Crippen LogP contribution in [0.1, 0.15) is 31.9 Å². The second kappa shape index (κ2) is 5.61. The summed E-state index contributed by atoms with van der Waals surface area (Å²) in [5.41, 5.74) is 0.998. The van der Waals surface area contributed by atoms with Crippen molar-refractivity contribution in [3.8, 4) is 0 Å². The normalized spacial score (nSPS) is 13.2. The zero-order chi connectivity index (χ0) is 11.4. The largest absolute Gasteiger partial charge is 0.313 e. The van der Waals surface area contributed by atoms with E-state index in [-0.39, 0.29) is 11.9 Å². The fourth-order valence-corrected chi connectivity index (χ4v) is 2.15. The number of hydrogen-bond acceptors (Lipinski definition) is 1. The topological polar surface area (TPSA) is 12.0 Å². The van der Waals surface area contributed by atoms with Crippen molar-refractivity contribution in [2.24, 2.45) is 5.92 Å². The van der Waals surface area contributed by atoms with E-state index >= 15 is 0 Å². The van der Waals surface area contributed by atoms with Gasteiger partial charge in [0.15, 0.2) is 0 Å². The predicted octanol–water partition coefficient (Wildman–Crippen LogP) is 3.89. The van der Waals surface area contributed by atoms with Gasteiger partial charge in [0.2, 0.25) is 0 Å². The molecule has 1 aromatic carbocycles. The standard InChI is InChI=1S/C12H17BrFN/c1-8(2)4-12(15-3)9-5-10(13)7-11(14)6-9/h5-8,12,15H,4H2,1-3H3. The number of nitrogens with one attached hydrogen (secondary N) is 1. The van der Waals surface area contributed by atoms with Gasteiger partial charge in [-0.3, -0.25) is 0 Å². The second-order valence-electron chi connectivity index (χ2n) is 4.17. The van der Waals surface area contributed by atoms with Gasteiger partial charge >= 0.3 is 0 Å². The molecule has 0 spiro atoms. The average molecular weight is 274 g/mol. The third kappa shape index (κ3) is 3.92. The molecule has 0 radical (unpaired) electrons. The first kappa shape index (κ1) is 12.7. The van der Waals surface area contributed by atoms with Crippen LogP contribution in [0.5, 0.6) is 0 Å². The number of rotatable bonds is 4. The Morgan fingerprint density at radius 1 is 1.33 bits per heavy atom. The third-order valence-corrected chi connectivity index (χ3v) is 2.80. The van der Waals surface area contributed by atoms with Crippen LogP contribution < -0.4 is 5.32 Å². The summed E-state index contributed by atoms with van der Waals surface area (Å²) >= 11 is 3.31. The SMILES string of the molecule is CNC(CC(C)C)c1cc(F)cc(Br)c1. The summed E-state index contributed by atoms with van der Waals surface area (Å²) in [5, 5.41) is 3.22. The lowest BCUT2D eigenvalue weighted by Crippen LogP contribution is -2.18. The van der Waals surface area contributed by atoms with E-state index < -0.39 is 0 Å². The van der Waals surface area contributed by atoms with Crippen LogP contribution in [0.25, 0.3) is 0 Å². The van der Waals surface area contributed by atoms with Gasteiger partial charge in [0.1, 0.15) is 5.82 Å². The Morgan fingerprint density at radius 3 is 2.47 bits per heavy atom. The molecule has 0 aliphatic rings. The molecule has 0 saturated heterocycles. The van der Waals surface area contributed by atoms with Gasteiger partial charge < -0.3 is 5.32 Å². The monoisotopic (exact) mass is 273 g/mol. The molecule has 0 amide bonds. The highest BCUT2D eigenvalue weighted by molar-refractivity contribution is 9.10. The van der Waals surface area contributed by atoms with Crippen LogP contribution in [-0.2, 0) is 0 Å². The minimum Gasteiger partial charge on any atom is -0.313 e. The highest BCUT2D eigenvalue weighted by Crippen LogP contribution is 2.24. The summed E-state index contributed by atoms with van der Waals surface area (Å²) in [6.07, 6.45) is 1.01. The van der Waals surface area contributed by atoms with Crippen LogP contribution in [-0.4, -0.2) is 7.05 Å². The van der Waals surface area contributed by atoms with Crippen LogP contribution >= 0.6 is 15.9 Å². The van der Waals surface area contributed by atoms with Crippen LogP contribution in [0.3, 0.4) is 0 Å². The predicted molar refractivity (Wildman–Crippen MR) is 65.4 cm³/mol. The van der Waals surface area contributed by atoms with Gasteiger partial charge in [-0.25, -0.2) is 4.39 Å². The lowest BCUT2D eigenvalue weighted by molar-refractivity contribution is 0.454. The van der Waals surface area contributed by atoms with Gasteiger partial charge in [0.25, 0.3) is 0 Å². The van der Waals surface area contributed by atoms with E-state index in [2.05, 4.69) is 35.1 Å². The van der Waals surface area contributed by atoms with Gasteiger partial charge in [-0.2, -0.15) is 0 Å². The first-order chi connectivity index (χ1) is 7.02. The van der Waals surface area contributed by atoms with Crippen molar-refractivity contribution in [1.29, 1.82) is 0 Å². The van der Waals surface area contributed by atoms with Crippen LogP contribution in [0.4, 0.5) is 4.39 Å². The molecule has 84 valence electrons. The number of benzene rings is 1. The molecule has 0 aliphatic carbocycles. The van der Waals surface area contributed by atoms with Crippen molar-refractivity contribution in [2.45, 2.75) is 26.3 Å². The molecule has 1 aromatic rings. The zero-order valence-corrected chi connectivity index (χ0v) is 10.9. The molecule has 0 aliphatic heterocycles. The molecule has 1 nitrogen and oxygen atoms in total. The molecule has 1 unspecified atom stereocenters. The van der Waals surface area contributed by atoms with Gasteiger partial charge in [0, 0.05) is 10.5 Å². The van der Waals surface area contributed by atoms with E-state index in [4.69, 9.17) is 0 Å². The van der Waals surface area contributed by atoms with Crippen LogP contribution in [0, 0.1) is 11.7 Å². The quantitative estimate of drug-likeness (QED) is 0.878. The van der Waals surface area contributed by atoms with Gasteiger partial charge in [-0.15, -0.1) is 0 Å². The molecule has 0 bridgehead atoms. The highest BCUT2D eigenvalue weighted by Gasteiger charge is 2.12. The Kier molecular flexibility index (Phi) is 4.74. The Labute approximate surface area is 99.2 Å². The Morgan fingerprint density at radius 2 is 2.00 bits per heavy atom. The summed E-state index contributed by atoms with van der Waals surface area (Å²) in [6.45, 7) is 4.33. The zero-order valence-electron chi connectivity index (χ0n) is 9.35. The lowest BCUT2D eigenvalue weighted by atomic mass is 9.97. The van der Waals surface area contributed by atoms with Crippen LogP contribution in [0.2, 0.25) is 0 Å². The van der Waals surface area contributed by atoms with Crippen molar-refractivity contribution in [2.75, 3.05) is 7.05 Å². The second-order valence-corrected chi connectivity index (χ2v) is 5.09. The smallest absolute Gasteiger partial charge is 0.124 e. The van der Waals surface area contributed by atoms with Crippen molar-refractivity contribution in [3.05, 3.63) is 34.1 Å². The molecule has 0 heterocycles. The summed E-state index contributed by atoms with van der Waals surface area (Å²) < 4.78 is 14.0. The molecule has 1 atom stereocenters. The van der Waals surface area contributed by atoms with E-state index in [9.17, 15) is 4.39 Å². The lowest BCUT2D eigenvalue weighted by Gasteiger charge is -2.19. The molecule has 1 N–H and O–H groups in total. The fourth-order valence-electron chi connectivity index (χ4n) is 1.67. The van der Waals surface area contributed by atoms with E-state index in [1.807, 2.05) is 13.1 Å². The minimum absolute atomic E-state index is 0.191. The molecular formula is C12H17BrFN. The Balaban J connectivity index is 2.91. The van der Waals surface area contributed by atoms with Crippen LogP contribution in [0.15, 0.2) is 22.7 Å². The molecule has 0 saturated carbocycles. The van der Waals surface area contributed by atoms with E-state index in [0.717, 1.165) is 16.5 Å². The first-order valence-corrected chi connectivity index (χ1v) is 5.95. The maximum atomic E-state index is 13.2. The molecule has 1 rings (SSSR count). The van der Waals surface area contributed by atoms with Gasteiger partial charge in [-0.1, -0.05) is 29.8 Å². The molecule has 15 heavy (non-hydrogen) atoms. The average Bonchev–Trinajstić information content (AvgIpc) is 2.12. The van der Waals surface area contributed by atoms with E-state index in [1.54, 1.807) is 6.07 Å². The fraction of sp³-hybridized carbons (Fsp3) is 0.500. The molecule has 3 heteroatoms. The summed E-state index contributed by atoms with van der Waals surface area (Å²) in [4.78, 5) is 0. The van der Waals surface area contributed by atoms with Gasteiger partial charge in [-0.05, 0) is 43.1 Å². The third-order valence-electron chi connectivity index (χ3n) is 2.34. The maximum Gasteiger partial charge on any atom is 0.124 e. The van der Waals surface area contributed by atoms with Crippen molar-refractivity contribution in [3.63, 3.8) is 0 Å². The molecular weight excluding hydrogens is 257 g/mol. The molecule has 0 aromatic heterocycles. The Bertz CT molecular complexity index is 305. The van der Waals surface area contributed by atoms with Gasteiger partial charge in [0.05, 0.1) is 0 Å². The molecule has 0 fully saturated rings. The van der Waals surface area contributed by atoms with Crippen molar-refractivity contribution >= 4 is 15.9 Å². The maximum absolute atomic E-state index is 13.2. The first-order valence-electron chi connectivity index (χ1n) is 5.16. The Hall–Kier alpha value is -0.410. The summed E-state index contributed by atoms with van der Waals surface area (Å²) in [7, 11) is 1.91. The van der Waals surface area contributed by atoms with E-state index in [1.165, 1.54) is 6.07 Å². The van der Waals surface area contributed by atoms with Crippen molar-refractivity contribution in [1.82, 2.24) is 5.32 Å². The minimum atomic E-state index is -0.191. The summed E-state index contributed by atoms with van der Waals surface area (Å²) in [5.74, 6) is 0.396. The number of halogens is 2. The van der Waals surface area contributed by atoms with E-state index in [0.29, 0.717) is 5.92 Å². The summed E-state index contributed by atoms with van der Waals surface area (Å²) in [6, 6.07) is 5.25. The number of hydrogen-bond donors (Lipinski definition) is 1.